The summed E-state index contributed by atoms with van der Waals surface area (Å²) in [5.74, 6) is 0. The van der Waals surface area contributed by atoms with Gasteiger partial charge < -0.3 is 0 Å². The largest absolute Gasteiger partial charge is 0.248 e. The van der Waals surface area contributed by atoms with E-state index in [1.807, 2.05) is 0 Å². The molecule has 0 aliphatic heterocycles. The molecule has 0 fully saturated rings. The summed E-state index contributed by atoms with van der Waals surface area (Å²) >= 11 is 8.40. The van der Waals surface area contributed by atoms with Crippen LogP contribution in [0.3, 0.4) is 0 Å². The zero-order chi connectivity index (χ0) is 30.5. The van der Waals surface area contributed by atoms with Crippen molar-refractivity contribution in [3.05, 3.63) is 196 Å². The van der Waals surface area contributed by atoms with Crippen molar-refractivity contribution in [2.45, 2.75) is 40.0 Å². The molecule has 0 bridgehead atoms. The highest BCUT2D eigenvalue weighted by molar-refractivity contribution is 7.40. The lowest BCUT2D eigenvalue weighted by Gasteiger charge is -2.33. The summed E-state index contributed by atoms with van der Waals surface area (Å²) < 4.78 is 0. The Hall–Kier alpha value is -4.17. The van der Waals surface area contributed by atoms with Gasteiger partial charge in [-0.15, -0.1) is 11.1 Å². The van der Waals surface area contributed by atoms with Gasteiger partial charge in [0.1, 0.15) is 0 Å². The molecule has 0 aliphatic carbocycles. The monoisotopic (exact) mass is 606 g/mol. The molecule has 0 spiro atoms. The van der Waals surface area contributed by atoms with E-state index >= 15 is 0 Å². The van der Waals surface area contributed by atoms with Gasteiger partial charge in [-0.3, -0.25) is 0 Å². The topological polar surface area (TPSA) is 0 Å². The van der Waals surface area contributed by atoms with Crippen molar-refractivity contribution in [2.24, 2.45) is 0 Å². The van der Waals surface area contributed by atoms with Crippen LogP contribution in [0, 0.1) is 20.8 Å². The molecule has 0 saturated carbocycles. The highest BCUT2D eigenvalue weighted by atomic mass is 35.6. The third-order valence-electron chi connectivity index (χ3n) is 9.16. The summed E-state index contributed by atoms with van der Waals surface area (Å²) in [4.78, 5) is 0. The first-order chi connectivity index (χ1) is 21.4. The molecule has 0 nitrogen and oxygen atoms in total. The highest BCUT2D eigenvalue weighted by Gasteiger charge is 2.42. The molecule has 6 rings (SSSR count). The molecule has 0 aliphatic rings. The lowest BCUT2D eigenvalue weighted by molar-refractivity contribution is 1.16. The second-order valence-electron chi connectivity index (χ2n) is 11.9. The van der Waals surface area contributed by atoms with Gasteiger partial charge in [-0.2, -0.15) is 0 Å². The van der Waals surface area contributed by atoms with Gasteiger partial charge in [0.15, 0.2) is 0 Å². The third kappa shape index (κ3) is 6.08. The molecule has 6 aromatic rings. The van der Waals surface area contributed by atoms with Crippen molar-refractivity contribution in [2.75, 3.05) is 0 Å². The first-order valence-corrected chi connectivity index (χ1v) is 18.5. The van der Waals surface area contributed by atoms with Crippen molar-refractivity contribution in [1.82, 2.24) is 0 Å². The van der Waals surface area contributed by atoms with Crippen molar-refractivity contribution >= 4 is 34.0 Å². The van der Waals surface area contributed by atoms with Crippen LogP contribution in [-0.4, -0.2) is 7.38 Å². The summed E-state index contributed by atoms with van der Waals surface area (Å²) in [6, 6.07) is 52.7. The third-order valence-corrected chi connectivity index (χ3v) is 14.8. The van der Waals surface area contributed by atoms with Crippen molar-refractivity contribution < 1.29 is 0 Å². The molecular weight excluding hydrogens is 568 g/mol. The Morgan fingerprint density at radius 3 is 0.909 bits per heavy atom. The second-order valence-corrected chi connectivity index (χ2v) is 16.5. The summed E-state index contributed by atoms with van der Waals surface area (Å²) in [6.45, 7) is 6.85. The van der Waals surface area contributed by atoms with Crippen LogP contribution in [0.15, 0.2) is 146 Å². The Morgan fingerprint density at radius 2 is 0.636 bits per heavy atom. The fourth-order valence-corrected chi connectivity index (χ4v) is 12.3. The summed E-state index contributed by atoms with van der Waals surface area (Å²) in [7, 11) is -2.98. The second kappa shape index (κ2) is 13.2. The van der Waals surface area contributed by atoms with E-state index in [2.05, 4.69) is 166 Å². The first-order valence-electron chi connectivity index (χ1n) is 15.5. The van der Waals surface area contributed by atoms with Crippen LogP contribution < -0.4 is 15.6 Å². The Labute approximate surface area is 268 Å². The van der Waals surface area contributed by atoms with Gasteiger partial charge in [-0.05, 0) is 106 Å². The van der Waals surface area contributed by atoms with E-state index < -0.39 is 7.38 Å². The van der Waals surface area contributed by atoms with Gasteiger partial charge in [0.2, 0.25) is 7.38 Å². The minimum Gasteiger partial charge on any atom is -0.149 e. The smallest absolute Gasteiger partial charge is 0.149 e. The van der Waals surface area contributed by atoms with Crippen molar-refractivity contribution in [3.63, 3.8) is 0 Å². The maximum Gasteiger partial charge on any atom is 0.248 e. The molecule has 6 aromatic carbocycles. The van der Waals surface area contributed by atoms with Crippen LogP contribution in [-0.2, 0) is 19.3 Å². The van der Waals surface area contributed by atoms with Crippen molar-refractivity contribution in [3.8, 4) is 0 Å². The lowest BCUT2D eigenvalue weighted by Crippen LogP contribution is -2.65. The van der Waals surface area contributed by atoms with E-state index in [0.29, 0.717) is 0 Å². The predicted octanol–water partition coefficient (Wildman–Crippen LogP) is 8.59. The number of hydrogen-bond donors (Lipinski definition) is 0. The van der Waals surface area contributed by atoms with Gasteiger partial charge in [0.05, 0.1) is 0 Å². The number of rotatable bonds is 9. The Morgan fingerprint density at radius 1 is 0.364 bits per heavy atom. The number of hydrogen-bond acceptors (Lipinski definition) is 0. The average molecular weight is 607 g/mol. The minimum atomic E-state index is -2.98. The van der Waals surface area contributed by atoms with Crippen LogP contribution in [0.2, 0.25) is 0 Å². The maximum atomic E-state index is 8.40. The van der Waals surface area contributed by atoms with E-state index in [0.717, 1.165) is 19.3 Å². The Balaban J connectivity index is 1.54. The van der Waals surface area contributed by atoms with E-state index in [1.54, 1.807) is 0 Å². The molecule has 44 heavy (non-hydrogen) atoms. The molecule has 218 valence electrons. The van der Waals surface area contributed by atoms with E-state index in [4.69, 9.17) is 11.1 Å². The molecule has 0 unspecified atom stereocenters. The zero-order valence-corrected chi connectivity index (χ0v) is 27.6. The minimum absolute atomic E-state index is 0.891. The predicted molar refractivity (Wildman–Crippen MR) is 192 cm³/mol. The molecule has 2 heteroatoms. The Bertz CT molecular complexity index is 1640. The van der Waals surface area contributed by atoms with E-state index in [9.17, 15) is 0 Å². The van der Waals surface area contributed by atoms with Crippen LogP contribution in [0.25, 0.3) is 0 Å². The summed E-state index contributed by atoms with van der Waals surface area (Å²) in [6.07, 6.45) is 2.67. The van der Waals surface area contributed by atoms with Gasteiger partial charge in [-0.25, -0.2) is 0 Å². The standard InChI is InChI=1S/C42H39ClSi/c1-31-37(28-34-16-7-4-8-17-34)22-13-25-40(31)44(43,41-26-14-23-38(32(41)2)29-35-18-9-5-10-19-35)42-27-15-24-39(33(42)3)30-36-20-11-6-12-21-36/h4-27H,28-30H2,1-3H3. The average Bonchev–Trinajstić information content (AvgIpc) is 3.05. The summed E-state index contributed by atoms with van der Waals surface area (Å²) in [5.41, 5.74) is 11.9. The van der Waals surface area contributed by atoms with Gasteiger partial charge >= 0.3 is 0 Å². The SMILES string of the molecule is Cc1c(Cc2ccccc2)cccc1[Si](Cl)(c1cccc(Cc2ccccc2)c1C)c1cccc(Cc2ccccc2)c1C. The van der Waals surface area contributed by atoms with Gasteiger partial charge in [0, 0.05) is 0 Å². The molecule has 0 radical (unpaired) electrons. The van der Waals surface area contributed by atoms with Crippen LogP contribution in [0.5, 0.6) is 0 Å². The molecule has 0 aromatic heterocycles. The molecule has 0 atom stereocenters. The van der Waals surface area contributed by atoms with E-state index in [-0.39, 0.29) is 0 Å². The first kappa shape index (κ1) is 29.9. The van der Waals surface area contributed by atoms with Gasteiger partial charge in [0.25, 0.3) is 0 Å². The normalized spacial score (nSPS) is 11.5. The Kier molecular flexibility index (Phi) is 8.98. The fourth-order valence-electron chi connectivity index (χ4n) is 6.63. The number of halogens is 1. The van der Waals surface area contributed by atoms with Gasteiger partial charge in [-0.1, -0.05) is 146 Å². The quantitative estimate of drug-likeness (QED) is 0.0878. The summed E-state index contributed by atoms with van der Waals surface area (Å²) in [5, 5.41) is 3.85. The van der Waals surface area contributed by atoms with Crippen LogP contribution >= 0.6 is 11.1 Å². The lowest BCUT2D eigenvalue weighted by atomic mass is 10.0. The maximum absolute atomic E-state index is 8.40. The van der Waals surface area contributed by atoms with Crippen molar-refractivity contribution in [1.29, 1.82) is 0 Å². The molecule has 0 saturated heterocycles. The van der Waals surface area contributed by atoms with Crippen LogP contribution in [0.1, 0.15) is 50.1 Å². The molecule has 0 N–H and O–H groups in total. The zero-order valence-electron chi connectivity index (χ0n) is 25.9. The molecule has 0 amide bonds. The highest BCUT2D eigenvalue weighted by Crippen LogP contribution is 2.25. The molecule has 0 heterocycles. The van der Waals surface area contributed by atoms with E-state index in [1.165, 1.54) is 65.6 Å². The van der Waals surface area contributed by atoms with Crippen LogP contribution in [0.4, 0.5) is 0 Å². The number of benzene rings is 6. The molecular formula is C42H39ClSi. The fraction of sp³-hybridized carbons (Fsp3) is 0.143.